The van der Waals surface area contributed by atoms with Crippen molar-refractivity contribution >= 4 is 17.7 Å². The van der Waals surface area contributed by atoms with E-state index in [0.29, 0.717) is 31.6 Å². The number of benzene rings is 1. The van der Waals surface area contributed by atoms with E-state index < -0.39 is 6.04 Å². The van der Waals surface area contributed by atoms with Crippen LogP contribution in [0.2, 0.25) is 0 Å². The lowest BCUT2D eigenvalue weighted by Gasteiger charge is -2.29. The zero-order valence-corrected chi connectivity index (χ0v) is 14.7. The molecule has 0 aliphatic carbocycles. The number of carbonyl (C=O) groups excluding carboxylic acids is 3. The summed E-state index contributed by atoms with van der Waals surface area (Å²) in [6, 6.07) is 5.07. The van der Waals surface area contributed by atoms with Crippen molar-refractivity contribution in [2.45, 2.75) is 38.4 Å². The predicted octanol–water partition coefficient (Wildman–Crippen LogP) is 0.442. The van der Waals surface area contributed by atoms with Crippen LogP contribution < -0.4 is 16.4 Å². The number of nitrogens with two attached hydrogens (primary N) is 1. The first-order valence-electron chi connectivity index (χ1n) is 8.84. The van der Waals surface area contributed by atoms with E-state index in [0.717, 1.165) is 29.7 Å². The standard InChI is InChI=1S/C19H24N4O3/c1-12(9-20)7-8-21-10-13-3-2-4-14-15(13)11-23(19(14)26)16-5-6-17(24)22-18(16)25/h2-4,16,21H,1,5-11,20H2,(H,22,24,25). The second-order valence-electron chi connectivity index (χ2n) is 6.72. The molecule has 1 fully saturated rings. The van der Waals surface area contributed by atoms with Crippen molar-refractivity contribution in [3.05, 3.63) is 47.0 Å². The minimum Gasteiger partial charge on any atom is -0.327 e. The van der Waals surface area contributed by atoms with Gasteiger partial charge in [-0.15, -0.1) is 0 Å². The number of hydrogen-bond donors (Lipinski definition) is 3. The van der Waals surface area contributed by atoms with Crippen molar-refractivity contribution in [2.24, 2.45) is 5.73 Å². The molecule has 4 N–H and O–H groups in total. The van der Waals surface area contributed by atoms with E-state index in [1.54, 1.807) is 11.0 Å². The van der Waals surface area contributed by atoms with Gasteiger partial charge in [-0.3, -0.25) is 19.7 Å². The molecule has 2 aliphatic heterocycles. The lowest BCUT2D eigenvalue weighted by molar-refractivity contribution is -0.136. The van der Waals surface area contributed by atoms with Crippen molar-refractivity contribution in [3.63, 3.8) is 0 Å². The molecule has 0 aromatic heterocycles. The molecule has 26 heavy (non-hydrogen) atoms. The summed E-state index contributed by atoms with van der Waals surface area (Å²) in [7, 11) is 0. The topological polar surface area (TPSA) is 105 Å². The molecule has 1 aromatic rings. The highest BCUT2D eigenvalue weighted by Gasteiger charge is 2.39. The first kappa shape index (κ1) is 18.3. The maximum absolute atomic E-state index is 12.7. The molecule has 7 nitrogen and oxygen atoms in total. The molecule has 2 heterocycles. The Hall–Kier alpha value is -2.51. The number of nitrogens with zero attached hydrogens (tertiary/aromatic N) is 1. The van der Waals surface area contributed by atoms with Crippen molar-refractivity contribution in [3.8, 4) is 0 Å². The lowest BCUT2D eigenvalue weighted by atomic mass is 10.0. The minimum absolute atomic E-state index is 0.146. The van der Waals surface area contributed by atoms with Gasteiger partial charge < -0.3 is 16.0 Å². The molecule has 3 amide bonds. The van der Waals surface area contributed by atoms with Gasteiger partial charge >= 0.3 is 0 Å². The van der Waals surface area contributed by atoms with Crippen LogP contribution in [-0.2, 0) is 22.7 Å². The summed E-state index contributed by atoms with van der Waals surface area (Å²) in [6.45, 7) is 6.17. The van der Waals surface area contributed by atoms with E-state index in [1.165, 1.54) is 0 Å². The van der Waals surface area contributed by atoms with E-state index in [4.69, 9.17) is 5.73 Å². The van der Waals surface area contributed by atoms with Crippen LogP contribution in [0.4, 0.5) is 0 Å². The zero-order chi connectivity index (χ0) is 18.7. The van der Waals surface area contributed by atoms with Crippen LogP contribution in [0.15, 0.2) is 30.4 Å². The number of rotatable bonds is 7. The third kappa shape index (κ3) is 3.68. The molecular formula is C19H24N4O3. The van der Waals surface area contributed by atoms with Crippen LogP contribution in [0.1, 0.15) is 40.7 Å². The fraction of sp³-hybridized carbons (Fsp3) is 0.421. The number of imide groups is 1. The highest BCUT2D eigenvalue weighted by Crippen LogP contribution is 2.29. The van der Waals surface area contributed by atoms with E-state index in [-0.39, 0.29) is 24.1 Å². The van der Waals surface area contributed by atoms with Gasteiger partial charge in [0.15, 0.2) is 0 Å². The average Bonchev–Trinajstić information content (AvgIpc) is 2.96. The lowest BCUT2D eigenvalue weighted by Crippen LogP contribution is -2.52. The molecule has 1 unspecified atom stereocenters. The molecule has 1 aromatic carbocycles. The van der Waals surface area contributed by atoms with E-state index >= 15 is 0 Å². The van der Waals surface area contributed by atoms with Crippen LogP contribution in [0, 0.1) is 0 Å². The SMILES string of the molecule is C=C(CN)CCNCc1cccc2c1CN(C1CCC(=O)NC1=O)C2=O. The average molecular weight is 356 g/mol. The molecule has 138 valence electrons. The van der Waals surface area contributed by atoms with Crippen LogP contribution >= 0.6 is 0 Å². The van der Waals surface area contributed by atoms with Crippen molar-refractivity contribution in [2.75, 3.05) is 13.1 Å². The fourth-order valence-corrected chi connectivity index (χ4v) is 3.41. The first-order chi connectivity index (χ1) is 12.5. The van der Waals surface area contributed by atoms with Crippen molar-refractivity contribution in [1.82, 2.24) is 15.5 Å². The number of nitrogens with one attached hydrogen (secondary N) is 2. The highest BCUT2D eigenvalue weighted by atomic mass is 16.2. The third-order valence-electron chi connectivity index (χ3n) is 4.94. The van der Waals surface area contributed by atoms with Gasteiger partial charge in [0.2, 0.25) is 11.8 Å². The Morgan fingerprint density at radius 2 is 2.15 bits per heavy atom. The summed E-state index contributed by atoms with van der Waals surface area (Å²) in [6.07, 6.45) is 1.45. The molecule has 2 aliphatic rings. The van der Waals surface area contributed by atoms with Gasteiger partial charge in [-0.25, -0.2) is 0 Å². The summed E-state index contributed by atoms with van der Waals surface area (Å²) < 4.78 is 0. The van der Waals surface area contributed by atoms with Gasteiger partial charge in [0.1, 0.15) is 6.04 Å². The van der Waals surface area contributed by atoms with Crippen LogP contribution in [-0.4, -0.2) is 41.8 Å². The van der Waals surface area contributed by atoms with Gasteiger partial charge in [-0.05, 0) is 36.6 Å². The van der Waals surface area contributed by atoms with Crippen LogP contribution in [0.3, 0.4) is 0 Å². The normalized spacial score (nSPS) is 19.5. The third-order valence-corrected chi connectivity index (χ3v) is 4.94. The smallest absolute Gasteiger partial charge is 0.255 e. The Kier molecular flexibility index (Phi) is 5.49. The Morgan fingerprint density at radius 1 is 1.35 bits per heavy atom. The Morgan fingerprint density at radius 3 is 2.88 bits per heavy atom. The molecule has 7 heteroatoms. The predicted molar refractivity (Wildman–Crippen MR) is 97.0 cm³/mol. The summed E-state index contributed by atoms with van der Waals surface area (Å²) >= 11 is 0. The number of fused-ring (bicyclic) bond motifs is 1. The van der Waals surface area contributed by atoms with Gasteiger partial charge in [-0.1, -0.05) is 24.3 Å². The minimum atomic E-state index is -0.582. The summed E-state index contributed by atoms with van der Waals surface area (Å²) in [4.78, 5) is 37.8. The molecule has 3 rings (SSSR count). The second-order valence-corrected chi connectivity index (χ2v) is 6.72. The van der Waals surface area contributed by atoms with Gasteiger partial charge in [0.25, 0.3) is 5.91 Å². The van der Waals surface area contributed by atoms with E-state index in [1.807, 2.05) is 12.1 Å². The van der Waals surface area contributed by atoms with Crippen LogP contribution in [0.5, 0.6) is 0 Å². The number of piperidine rings is 1. The maximum atomic E-state index is 12.7. The molecule has 0 bridgehead atoms. The van der Waals surface area contributed by atoms with Crippen molar-refractivity contribution < 1.29 is 14.4 Å². The molecule has 1 saturated heterocycles. The second kappa shape index (κ2) is 7.80. The molecule has 0 radical (unpaired) electrons. The summed E-state index contributed by atoms with van der Waals surface area (Å²) in [5.74, 6) is -0.811. The molecule has 0 saturated carbocycles. The molecule has 0 spiro atoms. The summed E-state index contributed by atoms with van der Waals surface area (Å²) in [5, 5.41) is 5.67. The Bertz CT molecular complexity index is 759. The number of amides is 3. The Labute approximate surface area is 152 Å². The van der Waals surface area contributed by atoms with Gasteiger partial charge in [0.05, 0.1) is 0 Å². The Balaban J connectivity index is 1.68. The monoisotopic (exact) mass is 356 g/mol. The summed E-state index contributed by atoms with van der Waals surface area (Å²) in [5.41, 5.74) is 9.17. The number of hydrogen-bond acceptors (Lipinski definition) is 5. The highest BCUT2D eigenvalue weighted by molar-refractivity contribution is 6.05. The molecular weight excluding hydrogens is 332 g/mol. The number of carbonyl (C=O) groups is 3. The first-order valence-corrected chi connectivity index (χ1v) is 8.84. The largest absolute Gasteiger partial charge is 0.327 e. The van der Waals surface area contributed by atoms with Crippen LogP contribution in [0.25, 0.3) is 0 Å². The fourth-order valence-electron chi connectivity index (χ4n) is 3.41. The van der Waals surface area contributed by atoms with E-state index in [9.17, 15) is 14.4 Å². The zero-order valence-electron chi connectivity index (χ0n) is 14.7. The quantitative estimate of drug-likeness (QED) is 0.374. The maximum Gasteiger partial charge on any atom is 0.255 e. The van der Waals surface area contributed by atoms with E-state index in [2.05, 4.69) is 17.2 Å². The van der Waals surface area contributed by atoms with Gasteiger partial charge in [0, 0.05) is 31.6 Å². The van der Waals surface area contributed by atoms with Gasteiger partial charge in [-0.2, -0.15) is 0 Å². The molecule has 1 atom stereocenters. The van der Waals surface area contributed by atoms with Crippen molar-refractivity contribution in [1.29, 1.82) is 0 Å².